The molecule has 2 rings (SSSR count). The number of nitrogens with one attached hydrogen (secondary N) is 1. The average Bonchev–Trinajstić information content (AvgIpc) is 2.56. The SMILES string of the molecule is Cc1nn(C)c(C)c1C(=O)NC1CCCCC1C. The third-order valence-electron chi connectivity index (χ3n) is 4.16. The molecule has 0 aliphatic heterocycles. The minimum absolute atomic E-state index is 0.0387. The van der Waals surface area contributed by atoms with Gasteiger partial charge in [-0.05, 0) is 32.6 Å². The first-order valence-corrected chi connectivity index (χ1v) is 6.81. The van der Waals surface area contributed by atoms with Gasteiger partial charge >= 0.3 is 0 Å². The number of nitrogens with zero attached hydrogens (tertiary/aromatic N) is 2. The Morgan fingerprint density at radius 2 is 2.00 bits per heavy atom. The number of hydrogen-bond donors (Lipinski definition) is 1. The van der Waals surface area contributed by atoms with Gasteiger partial charge in [0.1, 0.15) is 0 Å². The fourth-order valence-electron chi connectivity index (χ4n) is 2.87. The lowest BCUT2D eigenvalue weighted by Crippen LogP contribution is -2.41. The molecular formula is C14H23N3O. The third kappa shape index (κ3) is 2.42. The highest BCUT2D eigenvalue weighted by Crippen LogP contribution is 2.24. The van der Waals surface area contributed by atoms with Gasteiger partial charge in [0, 0.05) is 18.8 Å². The van der Waals surface area contributed by atoms with Gasteiger partial charge in [-0.3, -0.25) is 9.48 Å². The molecule has 0 saturated heterocycles. The van der Waals surface area contributed by atoms with Crippen molar-refractivity contribution < 1.29 is 4.79 Å². The molecule has 2 unspecified atom stereocenters. The Kier molecular flexibility index (Phi) is 3.73. The lowest BCUT2D eigenvalue weighted by molar-refractivity contribution is 0.0909. The summed E-state index contributed by atoms with van der Waals surface area (Å²) in [5.74, 6) is 0.622. The monoisotopic (exact) mass is 249 g/mol. The Morgan fingerprint density at radius 1 is 1.33 bits per heavy atom. The second-order valence-electron chi connectivity index (χ2n) is 5.51. The van der Waals surface area contributed by atoms with Gasteiger partial charge in [-0.15, -0.1) is 0 Å². The van der Waals surface area contributed by atoms with Crippen molar-refractivity contribution in [2.75, 3.05) is 0 Å². The van der Waals surface area contributed by atoms with Crippen LogP contribution in [-0.2, 0) is 7.05 Å². The van der Waals surface area contributed by atoms with Crippen LogP contribution in [0.2, 0.25) is 0 Å². The van der Waals surface area contributed by atoms with Crippen LogP contribution in [0.15, 0.2) is 0 Å². The first-order chi connectivity index (χ1) is 8.50. The molecule has 100 valence electrons. The van der Waals surface area contributed by atoms with Crippen LogP contribution >= 0.6 is 0 Å². The molecule has 1 aliphatic carbocycles. The van der Waals surface area contributed by atoms with E-state index in [1.54, 1.807) is 4.68 Å². The summed E-state index contributed by atoms with van der Waals surface area (Å²) in [5, 5.41) is 7.49. The molecule has 4 nitrogen and oxygen atoms in total. The molecular weight excluding hydrogens is 226 g/mol. The Balaban J connectivity index is 2.12. The van der Waals surface area contributed by atoms with Crippen molar-refractivity contribution in [2.45, 2.75) is 52.5 Å². The molecule has 2 atom stereocenters. The van der Waals surface area contributed by atoms with Crippen LogP contribution in [0.5, 0.6) is 0 Å². The molecule has 1 aliphatic rings. The summed E-state index contributed by atoms with van der Waals surface area (Å²) < 4.78 is 1.77. The molecule has 1 amide bonds. The van der Waals surface area contributed by atoms with Crippen molar-refractivity contribution in [3.05, 3.63) is 17.0 Å². The van der Waals surface area contributed by atoms with Crippen molar-refractivity contribution in [1.82, 2.24) is 15.1 Å². The van der Waals surface area contributed by atoms with E-state index in [2.05, 4.69) is 17.3 Å². The molecule has 0 aromatic carbocycles. The van der Waals surface area contributed by atoms with Gasteiger partial charge in [-0.2, -0.15) is 5.10 Å². The number of aryl methyl sites for hydroxylation is 2. The number of hydrogen-bond acceptors (Lipinski definition) is 2. The van der Waals surface area contributed by atoms with Crippen molar-refractivity contribution >= 4 is 5.91 Å². The quantitative estimate of drug-likeness (QED) is 0.874. The zero-order valence-corrected chi connectivity index (χ0v) is 11.8. The van der Waals surface area contributed by atoms with Gasteiger partial charge in [0.15, 0.2) is 0 Å². The number of amides is 1. The third-order valence-corrected chi connectivity index (χ3v) is 4.16. The highest BCUT2D eigenvalue weighted by Gasteiger charge is 2.25. The van der Waals surface area contributed by atoms with Crippen molar-refractivity contribution in [3.63, 3.8) is 0 Å². The number of aromatic nitrogens is 2. The van der Waals surface area contributed by atoms with Gasteiger partial charge in [0.25, 0.3) is 5.91 Å². The minimum Gasteiger partial charge on any atom is -0.349 e. The zero-order chi connectivity index (χ0) is 13.3. The number of rotatable bonds is 2. The maximum Gasteiger partial charge on any atom is 0.255 e. The van der Waals surface area contributed by atoms with Crippen molar-refractivity contribution in [2.24, 2.45) is 13.0 Å². The molecule has 0 radical (unpaired) electrons. The standard InChI is InChI=1S/C14H23N3O/c1-9-7-5-6-8-12(9)15-14(18)13-10(2)16-17(4)11(13)3/h9,12H,5-8H2,1-4H3,(H,15,18). The van der Waals surface area contributed by atoms with Crippen LogP contribution in [0.25, 0.3) is 0 Å². The van der Waals surface area contributed by atoms with Crippen LogP contribution < -0.4 is 5.32 Å². The van der Waals surface area contributed by atoms with E-state index >= 15 is 0 Å². The summed E-state index contributed by atoms with van der Waals surface area (Å²) in [5.41, 5.74) is 2.50. The largest absolute Gasteiger partial charge is 0.349 e. The highest BCUT2D eigenvalue weighted by atomic mass is 16.1. The van der Waals surface area contributed by atoms with E-state index in [0.717, 1.165) is 23.4 Å². The molecule has 18 heavy (non-hydrogen) atoms. The average molecular weight is 249 g/mol. The fourth-order valence-corrected chi connectivity index (χ4v) is 2.87. The maximum absolute atomic E-state index is 12.3. The van der Waals surface area contributed by atoms with E-state index in [1.807, 2.05) is 20.9 Å². The molecule has 1 saturated carbocycles. The van der Waals surface area contributed by atoms with E-state index in [0.29, 0.717) is 12.0 Å². The summed E-state index contributed by atoms with van der Waals surface area (Å²) in [7, 11) is 1.88. The van der Waals surface area contributed by atoms with Gasteiger partial charge in [-0.25, -0.2) is 0 Å². The normalized spacial score (nSPS) is 24.0. The van der Waals surface area contributed by atoms with Crippen LogP contribution in [0.3, 0.4) is 0 Å². The van der Waals surface area contributed by atoms with E-state index in [1.165, 1.54) is 19.3 Å². The van der Waals surface area contributed by atoms with E-state index < -0.39 is 0 Å². The summed E-state index contributed by atoms with van der Waals surface area (Å²) in [6, 6.07) is 0.324. The Morgan fingerprint density at radius 3 is 2.56 bits per heavy atom. The summed E-state index contributed by atoms with van der Waals surface area (Å²) in [6.45, 7) is 6.07. The summed E-state index contributed by atoms with van der Waals surface area (Å²) >= 11 is 0. The molecule has 1 aromatic heterocycles. The molecule has 0 spiro atoms. The predicted octanol–water partition coefficient (Wildman–Crippen LogP) is 2.35. The number of carbonyl (C=O) groups is 1. The smallest absolute Gasteiger partial charge is 0.255 e. The van der Waals surface area contributed by atoms with Crippen molar-refractivity contribution in [1.29, 1.82) is 0 Å². The molecule has 4 heteroatoms. The molecule has 1 fully saturated rings. The zero-order valence-electron chi connectivity index (χ0n) is 11.8. The fraction of sp³-hybridized carbons (Fsp3) is 0.714. The van der Waals surface area contributed by atoms with Gasteiger partial charge in [-0.1, -0.05) is 19.8 Å². The van der Waals surface area contributed by atoms with E-state index in [4.69, 9.17) is 0 Å². The van der Waals surface area contributed by atoms with E-state index in [-0.39, 0.29) is 5.91 Å². The Hall–Kier alpha value is -1.32. The topological polar surface area (TPSA) is 46.9 Å². The molecule has 1 aromatic rings. The molecule has 0 bridgehead atoms. The summed E-state index contributed by atoms with van der Waals surface area (Å²) in [6.07, 6.45) is 4.83. The van der Waals surface area contributed by atoms with Crippen LogP contribution in [0.1, 0.15) is 54.4 Å². The predicted molar refractivity (Wildman–Crippen MR) is 71.6 cm³/mol. The van der Waals surface area contributed by atoms with E-state index in [9.17, 15) is 4.79 Å². The minimum atomic E-state index is 0.0387. The second kappa shape index (κ2) is 5.12. The van der Waals surface area contributed by atoms with Crippen molar-refractivity contribution in [3.8, 4) is 0 Å². The first-order valence-electron chi connectivity index (χ1n) is 6.81. The first kappa shape index (κ1) is 13.1. The molecule has 1 heterocycles. The van der Waals surface area contributed by atoms with Crippen LogP contribution in [0.4, 0.5) is 0 Å². The van der Waals surface area contributed by atoms with Crippen LogP contribution in [0, 0.1) is 19.8 Å². The second-order valence-corrected chi connectivity index (χ2v) is 5.51. The van der Waals surface area contributed by atoms with Gasteiger partial charge in [0.05, 0.1) is 11.3 Å². The molecule has 1 N–H and O–H groups in total. The lowest BCUT2D eigenvalue weighted by Gasteiger charge is -2.29. The number of carbonyl (C=O) groups excluding carboxylic acids is 1. The maximum atomic E-state index is 12.3. The lowest BCUT2D eigenvalue weighted by atomic mass is 9.86. The highest BCUT2D eigenvalue weighted by molar-refractivity contribution is 5.96. The van der Waals surface area contributed by atoms with Crippen LogP contribution in [-0.4, -0.2) is 21.7 Å². The Bertz CT molecular complexity index is 450. The summed E-state index contributed by atoms with van der Waals surface area (Å²) in [4.78, 5) is 12.3. The van der Waals surface area contributed by atoms with Gasteiger partial charge < -0.3 is 5.32 Å². The van der Waals surface area contributed by atoms with Gasteiger partial charge in [0.2, 0.25) is 0 Å². The Labute approximate surface area is 109 Å².